The number of allylic oxidation sites excluding steroid dienone is 4. The van der Waals surface area contributed by atoms with Crippen molar-refractivity contribution in [1.82, 2.24) is 4.57 Å². The van der Waals surface area contributed by atoms with Gasteiger partial charge >= 0.3 is 5.97 Å². The van der Waals surface area contributed by atoms with Crippen LogP contribution in [0.1, 0.15) is 23.3 Å². The Labute approximate surface area is 173 Å². The van der Waals surface area contributed by atoms with Crippen LogP contribution in [0.3, 0.4) is 0 Å². The van der Waals surface area contributed by atoms with Crippen LogP contribution in [-0.4, -0.2) is 33.0 Å². The summed E-state index contributed by atoms with van der Waals surface area (Å²) in [5.74, 6) is 0.0681. The normalized spacial score (nSPS) is 13.5. The van der Waals surface area contributed by atoms with Crippen LogP contribution >= 0.6 is 0 Å². The fourth-order valence-electron chi connectivity index (χ4n) is 3.63. The molecular weight excluding hydrogens is 382 g/mol. The van der Waals surface area contributed by atoms with Crippen molar-refractivity contribution in [2.24, 2.45) is 0 Å². The fourth-order valence-corrected chi connectivity index (χ4v) is 3.63. The summed E-state index contributed by atoms with van der Waals surface area (Å²) in [4.78, 5) is 12.9. The van der Waals surface area contributed by atoms with Crippen molar-refractivity contribution in [3.8, 4) is 33.8 Å². The highest BCUT2D eigenvalue weighted by atomic mass is 16.5. The Morgan fingerprint density at radius 2 is 1.47 bits per heavy atom. The molecule has 0 aliphatic heterocycles. The minimum absolute atomic E-state index is 0.125. The van der Waals surface area contributed by atoms with Crippen molar-refractivity contribution >= 4 is 11.7 Å². The highest BCUT2D eigenvalue weighted by Crippen LogP contribution is 2.40. The lowest BCUT2D eigenvalue weighted by Gasteiger charge is -2.16. The molecule has 3 N–H and O–H groups in total. The van der Waals surface area contributed by atoms with Gasteiger partial charge in [0.15, 0.2) is 0 Å². The van der Waals surface area contributed by atoms with E-state index < -0.39 is 5.97 Å². The first-order valence-corrected chi connectivity index (χ1v) is 9.49. The molecule has 4 rings (SSSR count). The largest absolute Gasteiger partial charge is 0.512 e. The second kappa shape index (κ2) is 7.83. The van der Waals surface area contributed by atoms with Crippen molar-refractivity contribution in [1.29, 1.82) is 0 Å². The molecule has 2 aromatic carbocycles. The molecule has 1 aromatic heterocycles. The van der Waals surface area contributed by atoms with Gasteiger partial charge in [-0.05, 0) is 54.0 Å². The van der Waals surface area contributed by atoms with E-state index in [1.165, 1.54) is 7.11 Å². The number of aromatic nitrogens is 1. The average Bonchev–Trinajstić information content (AvgIpc) is 3.15. The number of carbonyl (C=O) groups excluding carboxylic acids is 1. The van der Waals surface area contributed by atoms with Gasteiger partial charge in [-0.25, -0.2) is 4.79 Å². The van der Waals surface area contributed by atoms with Crippen molar-refractivity contribution in [3.63, 3.8) is 0 Å². The van der Waals surface area contributed by atoms with E-state index in [2.05, 4.69) is 0 Å². The molecule has 1 aliphatic rings. The molecule has 0 fully saturated rings. The molecule has 0 amide bonds. The molecule has 6 nitrogen and oxygen atoms in total. The summed E-state index contributed by atoms with van der Waals surface area (Å²) in [6.45, 7) is 0. The van der Waals surface area contributed by atoms with Gasteiger partial charge in [0.25, 0.3) is 0 Å². The molecule has 30 heavy (non-hydrogen) atoms. The van der Waals surface area contributed by atoms with E-state index in [9.17, 15) is 20.1 Å². The average molecular weight is 403 g/mol. The third kappa shape index (κ3) is 3.55. The van der Waals surface area contributed by atoms with Gasteiger partial charge in [0, 0.05) is 29.4 Å². The van der Waals surface area contributed by atoms with Gasteiger partial charge < -0.3 is 24.6 Å². The summed E-state index contributed by atoms with van der Waals surface area (Å²) in [7, 11) is 1.33. The number of methoxy groups -OCH3 is 1. The smallest absolute Gasteiger partial charge is 0.355 e. The Kier molecular flexibility index (Phi) is 5.06. The van der Waals surface area contributed by atoms with Crippen LogP contribution < -0.4 is 0 Å². The summed E-state index contributed by atoms with van der Waals surface area (Å²) in [5.41, 5.74) is 4.19. The third-order valence-corrected chi connectivity index (χ3v) is 5.13. The van der Waals surface area contributed by atoms with Gasteiger partial charge in [-0.3, -0.25) is 0 Å². The first-order chi connectivity index (χ1) is 14.5. The number of aliphatic hydroxyl groups is 1. The zero-order valence-corrected chi connectivity index (χ0v) is 16.4. The van der Waals surface area contributed by atoms with E-state index >= 15 is 0 Å². The zero-order valence-electron chi connectivity index (χ0n) is 16.4. The highest BCUT2D eigenvalue weighted by molar-refractivity contribution is 6.02. The maximum atomic E-state index is 12.9. The first kappa shape index (κ1) is 19.4. The van der Waals surface area contributed by atoms with Crippen LogP contribution in [0, 0.1) is 0 Å². The lowest BCUT2D eigenvalue weighted by Crippen LogP contribution is -2.12. The predicted octanol–water partition coefficient (Wildman–Crippen LogP) is 5.10. The number of hydrogen-bond acceptors (Lipinski definition) is 5. The van der Waals surface area contributed by atoms with E-state index in [0.29, 0.717) is 29.9 Å². The Balaban J connectivity index is 2.02. The summed E-state index contributed by atoms with van der Waals surface area (Å²) >= 11 is 0. The van der Waals surface area contributed by atoms with Crippen LogP contribution in [0.2, 0.25) is 0 Å². The number of phenolic OH excluding ortho intramolecular Hbond substituents is 2. The van der Waals surface area contributed by atoms with Gasteiger partial charge in [-0.2, -0.15) is 0 Å². The van der Waals surface area contributed by atoms with Crippen LogP contribution in [0.25, 0.3) is 28.0 Å². The van der Waals surface area contributed by atoms with Crippen molar-refractivity contribution in [2.45, 2.75) is 12.8 Å². The summed E-state index contributed by atoms with van der Waals surface area (Å²) in [6.07, 6.45) is 6.31. The topological polar surface area (TPSA) is 91.9 Å². The molecule has 0 saturated carbocycles. The number of aliphatic hydroxyl groups excluding tert-OH is 1. The molecular formula is C24H21NO5. The predicted molar refractivity (Wildman–Crippen MR) is 114 cm³/mol. The molecule has 0 spiro atoms. The summed E-state index contributed by atoms with van der Waals surface area (Å²) < 4.78 is 6.89. The maximum Gasteiger partial charge on any atom is 0.355 e. The Hall–Kier alpha value is -3.93. The number of esters is 1. The third-order valence-electron chi connectivity index (χ3n) is 5.13. The quantitative estimate of drug-likeness (QED) is 0.527. The summed E-state index contributed by atoms with van der Waals surface area (Å²) in [6, 6.07) is 13.3. The number of rotatable bonds is 4. The lowest BCUT2D eigenvalue weighted by molar-refractivity contribution is 0.0593. The molecule has 6 heteroatoms. The summed E-state index contributed by atoms with van der Waals surface area (Å²) in [5, 5.41) is 29.1. The molecule has 1 heterocycles. The number of phenols is 2. The second-order valence-corrected chi connectivity index (χ2v) is 7.04. The standard InChI is InChI=1S/C24H21NO5/c1-30-24(29)23-22(16-4-10-19(27)11-5-16)21(15-2-8-18(26)9-3-15)14-25(23)17-6-12-20(28)13-7-17/h2-6,8-12,14,26-28H,7,13H2,1H3. The van der Waals surface area contributed by atoms with Crippen molar-refractivity contribution in [3.05, 3.63) is 78.3 Å². The number of hydrogen-bond donors (Lipinski definition) is 3. The highest BCUT2D eigenvalue weighted by Gasteiger charge is 2.26. The van der Waals surface area contributed by atoms with E-state index in [-0.39, 0.29) is 11.5 Å². The van der Waals surface area contributed by atoms with Gasteiger partial charge in [0.05, 0.1) is 12.9 Å². The minimum atomic E-state index is -0.497. The van der Waals surface area contributed by atoms with Gasteiger partial charge in [0.1, 0.15) is 17.2 Å². The lowest BCUT2D eigenvalue weighted by atomic mass is 9.96. The zero-order chi connectivity index (χ0) is 21.3. The maximum absolute atomic E-state index is 12.9. The van der Waals surface area contributed by atoms with E-state index in [4.69, 9.17) is 4.74 Å². The van der Waals surface area contributed by atoms with Gasteiger partial charge in [-0.15, -0.1) is 0 Å². The van der Waals surface area contributed by atoms with Crippen molar-refractivity contribution < 1.29 is 24.9 Å². The Morgan fingerprint density at radius 3 is 2.00 bits per heavy atom. The van der Waals surface area contributed by atoms with E-state index in [1.807, 2.05) is 6.20 Å². The number of benzene rings is 2. The molecule has 0 saturated heterocycles. The Morgan fingerprint density at radius 1 is 0.867 bits per heavy atom. The molecule has 0 radical (unpaired) electrons. The van der Waals surface area contributed by atoms with Crippen LogP contribution in [0.5, 0.6) is 11.5 Å². The minimum Gasteiger partial charge on any atom is -0.512 e. The second-order valence-electron chi connectivity index (χ2n) is 7.04. The van der Waals surface area contributed by atoms with Crippen molar-refractivity contribution in [2.75, 3.05) is 7.11 Å². The van der Waals surface area contributed by atoms with E-state index in [1.54, 1.807) is 65.3 Å². The Bertz CT molecular complexity index is 1150. The first-order valence-electron chi connectivity index (χ1n) is 9.49. The van der Waals surface area contributed by atoms with Gasteiger partial charge in [-0.1, -0.05) is 24.3 Å². The van der Waals surface area contributed by atoms with E-state index in [0.717, 1.165) is 22.4 Å². The molecule has 0 unspecified atom stereocenters. The van der Waals surface area contributed by atoms with Crippen LogP contribution in [0.15, 0.2) is 72.6 Å². The number of aromatic hydroxyl groups is 2. The molecule has 1 aliphatic carbocycles. The number of carbonyl (C=O) groups is 1. The molecule has 152 valence electrons. The molecule has 0 atom stereocenters. The molecule has 0 bridgehead atoms. The molecule has 3 aromatic rings. The fraction of sp³-hybridized carbons (Fsp3) is 0.125. The number of nitrogens with zero attached hydrogens (tertiary/aromatic N) is 1. The van der Waals surface area contributed by atoms with Gasteiger partial charge in [0.2, 0.25) is 0 Å². The van der Waals surface area contributed by atoms with Crippen LogP contribution in [0.4, 0.5) is 0 Å². The number of ether oxygens (including phenoxy) is 1. The SMILES string of the molecule is COC(=O)c1c(-c2ccc(O)cc2)c(-c2ccc(O)cc2)cn1C1=CC=C(O)CC1. The van der Waals surface area contributed by atoms with Crippen LogP contribution in [-0.2, 0) is 4.74 Å². The monoisotopic (exact) mass is 403 g/mol.